The lowest BCUT2D eigenvalue weighted by atomic mass is 10.1. The Balaban J connectivity index is 2.15. The van der Waals surface area contributed by atoms with Crippen LogP contribution in [-0.2, 0) is 16.1 Å². The number of nitrogens with two attached hydrogens (primary N) is 1. The molecule has 2 N–H and O–H groups in total. The van der Waals surface area contributed by atoms with E-state index in [1.165, 1.54) is 4.90 Å². The number of carbonyl (C=O) groups is 2. The summed E-state index contributed by atoms with van der Waals surface area (Å²) in [6, 6.07) is 5.60. The van der Waals surface area contributed by atoms with E-state index in [2.05, 4.69) is 17.1 Å². The van der Waals surface area contributed by atoms with Crippen molar-refractivity contribution in [2.75, 3.05) is 6.54 Å². The van der Waals surface area contributed by atoms with Crippen molar-refractivity contribution in [3.8, 4) is 0 Å². The molecule has 5 heteroatoms. The number of pyridine rings is 1. The predicted molar refractivity (Wildman–Crippen MR) is 80.0 cm³/mol. The van der Waals surface area contributed by atoms with Gasteiger partial charge in [0.25, 0.3) is 0 Å². The van der Waals surface area contributed by atoms with Gasteiger partial charge in [-0.05, 0) is 37.5 Å². The SMILES string of the molecule is Cc1cccc(CN(CC2=CCCC=C2)C(=O)C(N)=O)n1. The van der Waals surface area contributed by atoms with Crippen LogP contribution in [0.3, 0.4) is 0 Å². The molecule has 1 aromatic heterocycles. The Morgan fingerprint density at radius 1 is 1.29 bits per heavy atom. The second kappa shape index (κ2) is 6.83. The molecule has 0 atom stereocenters. The normalized spacial score (nSPS) is 13.7. The summed E-state index contributed by atoms with van der Waals surface area (Å²) in [6.45, 7) is 2.53. The summed E-state index contributed by atoms with van der Waals surface area (Å²) in [5, 5.41) is 0. The lowest BCUT2D eigenvalue weighted by Crippen LogP contribution is -2.41. The molecule has 0 bridgehead atoms. The van der Waals surface area contributed by atoms with E-state index in [1.807, 2.05) is 31.2 Å². The summed E-state index contributed by atoms with van der Waals surface area (Å²) in [6.07, 6.45) is 8.08. The van der Waals surface area contributed by atoms with Gasteiger partial charge >= 0.3 is 11.8 Å². The number of carbonyl (C=O) groups excluding carboxylic acids is 2. The highest BCUT2D eigenvalue weighted by atomic mass is 16.2. The fourth-order valence-corrected chi connectivity index (χ4v) is 2.24. The second-order valence-electron chi connectivity index (χ2n) is 5.05. The maximum atomic E-state index is 12.0. The van der Waals surface area contributed by atoms with Crippen LogP contribution >= 0.6 is 0 Å². The van der Waals surface area contributed by atoms with Gasteiger partial charge in [-0.3, -0.25) is 14.6 Å². The van der Waals surface area contributed by atoms with Crippen LogP contribution in [-0.4, -0.2) is 28.2 Å². The number of rotatable bonds is 4. The van der Waals surface area contributed by atoms with E-state index in [0.717, 1.165) is 29.8 Å². The molecule has 0 radical (unpaired) electrons. The first-order valence-corrected chi connectivity index (χ1v) is 6.93. The van der Waals surface area contributed by atoms with Gasteiger partial charge in [0, 0.05) is 12.2 Å². The third kappa shape index (κ3) is 4.27. The molecule has 0 spiro atoms. The standard InChI is InChI=1S/C16H19N3O2/c1-12-6-5-9-14(18-12)11-19(16(21)15(17)20)10-13-7-3-2-4-8-13/h3,5-9H,2,4,10-11H2,1H3,(H2,17,20). The van der Waals surface area contributed by atoms with Gasteiger partial charge in [-0.25, -0.2) is 0 Å². The van der Waals surface area contributed by atoms with Crippen molar-refractivity contribution in [1.82, 2.24) is 9.88 Å². The van der Waals surface area contributed by atoms with Gasteiger partial charge in [-0.1, -0.05) is 24.3 Å². The largest absolute Gasteiger partial charge is 0.361 e. The molecule has 0 unspecified atom stereocenters. The Morgan fingerprint density at radius 3 is 2.71 bits per heavy atom. The summed E-state index contributed by atoms with van der Waals surface area (Å²) in [5.41, 5.74) is 7.77. The minimum atomic E-state index is -0.942. The molecule has 0 saturated carbocycles. The third-order valence-corrected chi connectivity index (χ3v) is 3.24. The lowest BCUT2D eigenvalue weighted by molar-refractivity contribution is -0.144. The molecule has 1 aliphatic rings. The predicted octanol–water partition coefficient (Wildman–Crippen LogP) is 1.48. The quantitative estimate of drug-likeness (QED) is 0.851. The average Bonchev–Trinajstić information content (AvgIpc) is 2.47. The molecule has 2 amide bonds. The van der Waals surface area contributed by atoms with Crippen molar-refractivity contribution in [2.45, 2.75) is 26.3 Å². The molecule has 1 aliphatic carbocycles. The van der Waals surface area contributed by atoms with E-state index in [1.54, 1.807) is 0 Å². The maximum absolute atomic E-state index is 12.0. The van der Waals surface area contributed by atoms with Crippen LogP contribution in [0.15, 0.2) is 42.0 Å². The van der Waals surface area contributed by atoms with Gasteiger partial charge in [-0.15, -0.1) is 0 Å². The molecule has 0 fully saturated rings. The third-order valence-electron chi connectivity index (χ3n) is 3.24. The van der Waals surface area contributed by atoms with Gasteiger partial charge in [-0.2, -0.15) is 0 Å². The van der Waals surface area contributed by atoms with E-state index in [9.17, 15) is 9.59 Å². The van der Waals surface area contributed by atoms with Crippen molar-refractivity contribution in [3.63, 3.8) is 0 Å². The lowest BCUT2D eigenvalue weighted by Gasteiger charge is -2.22. The number of aryl methyl sites for hydroxylation is 1. The number of hydrogen-bond donors (Lipinski definition) is 1. The first kappa shape index (κ1) is 15.0. The zero-order valence-corrected chi connectivity index (χ0v) is 12.1. The van der Waals surface area contributed by atoms with Gasteiger partial charge in [0.15, 0.2) is 0 Å². The number of hydrogen-bond acceptors (Lipinski definition) is 3. The van der Waals surface area contributed by atoms with Crippen LogP contribution in [0.2, 0.25) is 0 Å². The molecule has 5 nitrogen and oxygen atoms in total. The van der Waals surface area contributed by atoms with Gasteiger partial charge in [0.1, 0.15) is 0 Å². The molecule has 110 valence electrons. The fraction of sp³-hybridized carbons (Fsp3) is 0.312. The monoisotopic (exact) mass is 285 g/mol. The molecule has 0 saturated heterocycles. The van der Waals surface area contributed by atoms with Crippen LogP contribution in [0.25, 0.3) is 0 Å². The van der Waals surface area contributed by atoms with E-state index >= 15 is 0 Å². The second-order valence-corrected chi connectivity index (χ2v) is 5.05. The molecule has 21 heavy (non-hydrogen) atoms. The minimum Gasteiger partial charge on any atom is -0.361 e. The Labute approximate surface area is 124 Å². The molecule has 2 rings (SSSR count). The topological polar surface area (TPSA) is 76.3 Å². The van der Waals surface area contributed by atoms with E-state index in [4.69, 9.17) is 5.73 Å². The van der Waals surface area contributed by atoms with Crippen LogP contribution < -0.4 is 5.73 Å². The highest BCUT2D eigenvalue weighted by Gasteiger charge is 2.20. The van der Waals surface area contributed by atoms with Gasteiger partial charge < -0.3 is 10.6 Å². The summed E-state index contributed by atoms with van der Waals surface area (Å²) in [7, 11) is 0. The zero-order chi connectivity index (χ0) is 15.2. The van der Waals surface area contributed by atoms with Gasteiger partial charge in [0.05, 0.1) is 12.2 Å². The van der Waals surface area contributed by atoms with Crippen LogP contribution in [0.1, 0.15) is 24.2 Å². The number of nitrogens with zero attached hydrogens (tertiary/aromatic N) is 2. The van der Waals surface area contributed by atoms with Crippen molar-refractivity contribution in [3.05, 3.63) is 53.4 Å². The summed E-state index contributed by atoms with van der Waals surface area (Å²) < 4.78 is 0. The van der Waals surface area contributed by atoms with Crippen molar-refractivity contribution in [1.29, 1.82) is 0 Å². The van der Waals surface area contributed by atoms with Crippen molar-refractivity contribution in [2.24, 2.45) is 5.73 Å². The number of amides is 2. The fourth-order valence-electron chi connectivity index (χ4n) is 2.24. The Kier molecular flexibility index (Phi) is 4.87. The number of allylic oxidation sites excluding steroid dienone is 2. The Bertz CT molecular complexity index is 605. The minimum absolute atomic E-state index is 0.272. The van der Waals surface area contributed by atoms with Crippen LogP contribution in [0.4, 0.5) is 0 Å². The highest BCUT2D eigenvalue weighted by molar-refractivity contribution is 6.34. The Hall–Kier alpha value is -2.43. The average molecular weight is 285 g/mol. The smallest absolute Gasteiger partial charge is 0.312 e. The maximum Gasteiger partial charge on any atom is 0.312 e. The molecule has 0 aliphatic heterocycles. The first-order chi connectivity index (χ1) is 10.1. The zero-order valence-electron chi connectivity index (χ0n) is 12.1. The summed E-state index contributed by atoms with van der Waals surface area (Å²) in [4.78, 5) is 29.0. The summed E-state index contributed by atoms with van der Waals surface area (Å²) in [5.74, 6) is -1.62. The molecular weight excluding hydrogens is 266 g/mol. The molecule has 1 heterocycles. The number of aromatic nitrogens is 1. The van der Waals surface area contributed by atoms with Gasteiger partial charge in [0.2, 0.25) is 0 Å². The summed E-state index contributed by atoms with van der Waals surface area (Å²) >= 11 is 0. The molecule has 1 aromatic rings. The van der Waals surface area contributed by atoms with Crippen molar-refractivity contribution < 1.29 is 9.59 Å². The molecular formula is C16H19N3O2. The van der Waals surface area contributed by atoms with Crippen LogP contribution in [0.5, 0.6) is 0 Å². The Morgan fingerprint density at radius 2 is 2.10 bits per heavy atom. The van der Waals surface area contributed by atoms with Crippen molar-refractivity contribution >= 4 is 11.8 Å². The van der Waals surface area contributed by atoms with Crippen LogP contribution in [0, 0.1) is 6.92 Å². The first-order valence-electron chi connectivity index (χ1n) is 6.93. The number of primary amides is 1. The molecule has 0 aromatic carbocycles. The van der Waals surface area contributed by atoms with E-state index in [-0.39, 0.29) is 6.54 Å². The van der Waals surface area contributed by atoms with E-state index in [0.29, 0.717) is 6.54 Å². The highest BCUT2D eigenvalue weighted by Crippen LogP contribution is 2.13. The van der Waals surface area contributed by atoms with E-state index < -0.39 is 11.8 Å².